The molecular formula is C29H39N3. The molecule has 3 rings (SSSR count). The van der Waals surface area contributed by atoms with Crippen LogP contribution in [0, 0.1) is 12.3 Å². The van der Waals surface area contributed by atoms with Crippen molar-refractivity contribution in [2.24, 2.45) is 17.5 Å². The van der Waals surface area contributed by atoms with E-state index in [1.807, 2.05) is 13.3 Å². The second-order valence-corrected chi connectivity index (χ2v) is 9.83. The molecule has 0 N–H and O–H groups in total. The van der Waals surface area contributed by atoms with Gasteiger partial charge in [-0.25, -0.2) is 0 Å². The Morgan fingerprint density at radius 2 is 1.84 bits per heavy atom. The van der Waals surface area contributed by atoms with Gasteiger partial charge in [0.1, 0.15) is 0 Å². The summed E-state index contributed by atoms with van der Waals surface area (Å²) in [5.74, 6) is 0. The molecule has 0 aliphatic carbocycles. The van der Waals surface area contributed by atoms with Crippen molar-refractivity contribution in [1.82, 2.24) is 9.55 Å². The molecule has 3 heteroatoms. The summed E-state index contributed by atoms with van der Waals surface area (Å²) in [4.78, 5) is 9.50. The Bertz CT molecular complexity index is 1110. The van der Waals surface area contributed by atoms with E-state index in [-0.39, 0.29) is 6.84 Å². The van der Waals surface area contributed by atoms with Crippen LogP contribution in [0.25, 0.3) is 28.0 Å². The predicted molar refractivity (Wildman–Crippen MR) is 141 cm³/mol. The summed E-state index contributed by atoms with van der Waals surface area (Å²) in [5, 5.41) is 0. The van der Waals surface area contributed by atoms with Gasteiger partial charge in [0.05, 0.1) is 5.69 Å². The summed E-state index contributed by atoms with van der Waals surface area (Å²) in [6.45, 7) is 11.2. The fraction of sp³-hybridized carbons (Fsp3) is 0.379. The van der Waals surface area contributed by atoms with Gasteiger partial charge >= 0.3 is 0 Å². The van der Waals surface area contributed by atoms with Gasteiger partial charge in [0, 0.05) is 50.4 Å². The molecular weight excluding hydrogens is 390 g/mol. The third-order valence-corrected chi connectivity index (χ3v) is 5.65. The quantitative estimate of drug-likeness (QED) is 0.353. The normalized spacial score (nSPS) is 12.7. The third-order valence-electron chi connectivity index (χ3n) is 5.65. The number of aromatic nitrogens is 2. The highest BCUT2D eigenvalue weighted by Crippen LogP contribution is 2.31. The van der Waals surface area contributed by atoms with Crippen LogP contribution in [0.4, 0.5) is 0 Å². The van der Waals surface area contributed by atoms with Crippen LogP contribution in [0.1, 0.15) is 58.9 Å². The van der Waals surface area contributed by atoms with E-state index >= 15 is 0 Å². The number of benzene rings is 1. The SMILES string of the molecule is CCC/C=C(\C=NC)c1ccc(-c2cccc(-c3cc(C)n(C)c3)c2)nc1CC(C)(C)C.[HH]. The third kappa shape index (κ3) is 5.85. The van der Waals surface area contributed by atoms with Crippen molar-refractivity contribution in [3.05, 3.63) is 71.7 Å². The zero-order chi connectivity index (χ0) is 23.3. The summed E-state index contributed by atoms with van der Waals surface area (Å²) >= 11 is 0. The highest BCUT2D eigenvalue weighted by atomic mass is 14.9. The molecule has 0 spiro atoms. The molecule has 0 amide bonds. The molecule has 0 aliphatic rings. The van der Waals surface area contributed by atoms with E-state index in [0.29, 0.717) is 0 Å². The smallest absolute Gasteiger partial charge is 0.0705 e. The monoisotopic (exact) mass is 429 g/mol. The molecule has 0 aliphatic heterocycles. The molecule has 3 aromatic rings. The van der Waals surface area contributed by atoms with Crippen LogP contribution in [-0.2, 0) is 13.5 Å². The van der Waals surface area contributed by atoms with E-state index in [1.165, 1.54) is 28.0 Å². The molecule has 0 unspecified atom stereocenters. The van der Waals surface area contributed by atoms with Gasteiger partial charge in [0.15, 0.2) is 0 Å². The Morgan fingerprint density at radius 1 is 1.09 bits per heavy atom. The molecule has 0 saturated carbocycles. The van der Waals surface area contributed by atoms with E-state index < -0.39 is 0 Å². The average Bonchev–Trinajstić information content (AvgIpc) is 3.09. The Balaban J connectivity index is 0.00000385. The van der Waals surface area contributed by atoms with Crippen molar-refractivity contribution in [3.8, 4) is 22.4 Å². The van der Waals surface area contributed by atoms with Crippen LogP contribution >= 0.6 is 0 Å². The zero-order valence-electron chi connectivity index (χ0n) is 20.7. The van der Waals surface area contributed by atoms with E-state index in [9.17, 15) is 0 Å². The molecule has 0 saturated heterocycles. The lowest BCUT2D eigenvalue weighted by molar-refractivity contribution is 0.406. The van der Waals surface area contributed by atoms with E-state index in [1.54, 1.807) is 0 Å². The molecule has 2 aromatic heterocycles. The number of nitrogens with zero attached hydrogens (tertiary/aromatic N) is 3. The first kappa shape index (κ1) is 23.7. The van der Waals surface area contributed by atoms with Crippen molar-refractivity contribution >= 4 is 11.8 Å². The van der Waals surface area contributed by atoms with Crippen LogP contribution in [0.5, 0.6) is 0 Å². The van der Waals surface area contributed by atoms with E-state index in [2.05, 4.69) is 106 Å². The maximum absolute atomic E-state index is 5.19. The number of unbranched alkanes of at least 4 members (excludes halogenated alkanes) is 1. The zero-order valence-corrected chi connectivity index (χ0v) is 20.7. The maximum atomic E-state index is 5.19. The first-order valence-corrected chi connectivity index (χ1v) is 11.6. The second-order valence-electron chi connectivity index (χ2n) is 9.83. The van der Waals surface area contributed by atoms with Crippen molar-refractivity contribution in [3.63, 3.8) is 0 Å². The highest BCUT2D eigenvalue weighted by molar-refractivity contribution is 6.10. The number of rotatable bonds is 7. The maximum Gasteiger partial charge on any atom is 0.0705 e. The van der Waals surface area contributed by atoms with Gasteiger partial charge < -0.3 is 4.57 Å². The molecule has 2 heterocycles. The van der Waals surface area contributed by atoms with Gasteiger partial charge in [-0.1, -0.05) is 64.5 Å². The van der Waals surface area contributed by atoms with Gasteiger partial charge in [0.2, 0.25) is 0 Å². The lowest BCUT2D eigenvalue weighted by Gasteiger charge is -2.21. The van der Waals surface area contributed by atoms with Crippen LogP contribution in [0.15, 0.2) is 59.7 Å². The molecule has 3 nitrogen and oxygen atoms in total. The summed E-state index contributed by atoms with van der Waals surface area (Å²) in [5.41, 5.74) is 9.52. The number of aryl methyl sites for hydroxylation is 2. The first-order valence-electron chi connectivity index (χ1n) is 11.6. The number of pyridine rings is 1. The topological polar surface area (TPSA) is 30.2 Å². The Kier molecular flexibility index (Phi) is 7.50. The van der Waals surface area contributed by atoms with Crippen LogP contribution in [-0.4, -0.2) is 22.8 Å². The van der Waals surface area contributed by atoms with Gasteiger partial charge in [0.25, 0.3) is 0 Å². The Hall–Kier alpha value is -2.94. The minimum atomic E-state index is 0. The van der Waals surface area contributed by atoms with Crippen LogP contribution in [0.3, 0.4) is 0 Å². The van der Waals surface area contributed by atoms with E-state index in [0.717, 1.165) is 36.2 Å². The van der Waals surface area contributed by atoms with Crippen LogP contribution < -0.4 is 0 Å². The minimum absolute atomic E-state index is 0. The lowest BCUT2D eigenvalue weighted by Crippen LogP contribution is -2.13. The lowest BCUT2D eigenvalue weighted by atomic mass is 9.87. The number of allylic oxidation sites excluding steroid dienone is 2. The predicted octanol–water partition coefficient (Wildman–Crippen LogP) is 7.78. The molecule has 170 valence electrons. The van der Waals surface area contributed by atoms with Crippen LogP contribution in [0.2, 0.25) is 0 Å². The van der Waals surface area contributed by atoms with Crippen molar-refractivity contribution in [1.29, 1.82) is 0 Å². The highest BCUT2D eigenvalue weighted by Gasteiger charge is 2.18. The fourth-order valence-corrected chi connectivity index (χ4v) is 3.92. The summed E-state index contributed by atoms with van der Waals surface area (Å²) < 4.78 is 2.16. The largest absolute Gasteiger partial charge is 0.354 e. The first-order chi connectivity index (χ1) is 15.2. The van der Waals surface area contributed by atoms with Gasteiger partial charge in [-0.05, 0) is 60.1 Å². The van der Waals surface area contributed by atoms with Gasteiger partial charge in [-0.15, -0.1) is 0 Å². The minimum Gasteiger partial charge on any atom is -0.354 e. The average molecular weight is 430 g/mol. The molecule has 0 radical (unpaired) electrons. The van der Waals surface area contributed by atoms with Crippen molar-refractivity contribution in [2.45, 2.75) is 53.9 Å². The van der Waals surface area contributed by atoms with E-state index in [4.69, 9.17) is 4.98 Å². The standard InChI is InChI=1S/C29H37N3.H2/c1-8-9-11-24(19-30-6)26-14-15-27(31-28(26)18-29(3,4)5)23-13-10-12-22(17-23)25-16-21(2)32(7)20-25;/h10-17,19-20H,8-9,18H2,1-7H3;1H/b24-11+,30-19?;. The number of hydrogen-bond donors (Lipinski definition) is 0. The Labute approximate surface area is 195 Å². The number of aliphatic imine (C=N–C) groups is 1. The van der Waals surface area contributed by atoms with Gasteiger partial charge in [-0.2, -0.15) is 0 Å². The summed E-state index contributed by atoms with van der Waals surface area (Å²) in [6.07, 6.45) is 9.51. The molecule has 32 heavy (non-hydrogen) atoms. The van der Waals surface area contributed by atoms with Gasteiger partial charge in [-0.3, -0.25) is 9.98 Å². The molecule has 0 atom stereocenters. The Morgan fingerprint density at radius 3 is 2.47 bits per heavy atom. The number of hydrogen-bond acceptors (Lipinski definition) is 2. The molecule has 1 aromatic carbocycles. The summed E-state index contributed by atoms with van der Waals surface area (Å²) in [6, 6.07) is 15.3. The van der Waals surface area contributed by atoms with Crippen molar-refractivity contribution in [2.75, 3.05) is 7.05 Å². The fourth-order valence-electron chi connectivity index (χ4n) is 3.92. The second kappa shape index (κ2) is 10.1. The summed E-state index contributed by atoms with van der Waals surface area (Å²) in [7, 11) is 3.92. The van der Waals surface area contributed by atoms with Crippen molar-refractivity contribution < 1.29 is 1.43 Å². The molecule has 0 bridgehead atoms. The molecule has 0 fully saturated rings.